The van der Waals surface area contributed by atoms with Crippen molar-refractivity contribution in [1.29, 1.82) is 0 Å². The number of benzene rings is 2. The largest absolute Gasteiger partial charge is 0.394 e. The minimum atomic E-state index is -0.503. The molecule has 0 aromatic heterocycles. The summed E-state index contributed by atoms with van der Waals surface area (Å²) in [5.74, 6) is -0.0598. The molecule has 126 valence electrons. The number of rotatable bonds is 6. The van der Waals surface area contributed by atoms with E-state index < -0.39 is 5.54 Å². The van der Waals surface area contributed by atoms with E-state index in [2.05, 4.69) is 16.7 Å². The molecule has 0 saturated heterocycles. The van der Waals surface area contributed by atoms with E-state index in [0.29, 0.717) is 6.54 Å². The molecular weight excluding hydrogens is 300 g/mol. The molecule has 1 amide bonds. The quantitative estimate of drug-likeness (QED) is 0.762. The average molecular weight is 324 g/mol. The fourth-order valence-corrected chi connectivity index (χ4v) is 3.41. The molecule has 2 aromatic rings. The van der Waals surface area contributed by atoms with Crippen LogP contribution < -0.4 is 10.6 Å². The Morgan fingerprint density at radius 1 is 1.17 bits per heavy atom. The number of aliphatic hydroxyl groups is 1. The fraction of sp³-hybridized carbons (Fsp3) is 0.350. The molecule has 0 bridgehead atoms. The third-order valence-corrected chi connectivity index (χ3v) is 4.95. The number of amides is 1. The second-order valence-electron chi connectivity index (χ2n) is 6.45. The van der Waals surface area contributed by atoms with Crippen LogP contribution in [0.4, 0.5) is 0 Å². The maximum Gasteiger partial charge on any atom is 0.234 e. The molecule has 0 fully saturated rings. The normalized spacial score (nSPS) is 19.1. The molecule has 24 heavy (non-hydrogen) atoms. The summed E-state index contributed by atoms with van der Waals surface area (Å²) in [5.41, 5.74) is 4.14. The van der Waals surface area contributed by atoms with Crippen LogP contribution in [0.3, 0.4) is 0 Å². The molecule has 2 aromatic carbocycles. The van der Waals surface area contributed by atoms with Gasteiger partial charge in [0.15, 0.2) is 0 Å². The van der Waals surface area contributed by atoms with Crippen LogP contribution in [0, 0.1) is 6.92 Å². The van der Waals surface area contributed by atoms with E-state index in [-0.39, 0.29) is 19.1 Å². The summed E-state index contributed by atoms with van der Waals surface area (Å²) in [6.45, 7) is 2.75. The van der Waals surface area contributed by atoms with Gasteiger partial charge in [0.1, 0.15) is 0 Å². The predicted octanol–water partition coefficient (Wildman–Crippen LogP) is 2.03. The van der Waals surface area contributed by atoms with E-state index in [1.807, 2.05) is 49.4 Å². The second-order valence-corrected chi connectivity index (χ2v) is 6.45. The molecule has 1 aliphatic rings. The first kappa shape index (κ1) is 16.7. The Bertz CT molecular complexity index is 729. The van der Waals surface area contributed by atoms with Crippen LogP contribution in [0.15, 0.2) is 48.5 Å². The van der Waals surface area contributed by atoms with Gasteiger partial charge >= 0.3 is 0 Å². The van der Waals surface area contributed by atoms with Crippen molar-refractivity contribution >= 4 is 5.91 Å². The monoisotopic (exact) mass is 324 g/mol. The molecule has 0 aliphatic heterocycles. The highest BCUT2D eigenvalue weighted by atomic mass is 16.3. The molecule has 1 unspecified atom stereocenters. The first-order valence-electron chi connectivity index (χ1n) is 8.40. The van der Waals surface area contributed by atoms with Crippen LogP contribution in [0.25, 0.3) is 0 Å². The van der Waals surface area contributed by atoms with Crippen molar-refractivity contribution in [3.8, 4) is 0 Å². The van der Waals surface area contributed by atoms with Gasteiger partial charge in [0.2, 0.25) is 5.91 Å². The van der Waals surface area contributed by atoms with Crippen molar-refractivity contribution in [2.75, 3.05) is 13.2 Å². The van der Waals surface area contributed by atoms with Crippen molar-refractivity contribution in [3.05, 3.63) is 70.8 Å². The van der Waals surface area contributed by atoms with Crippen LogP contribution >= 0.6 is 0 Å². The smallest absolute Gasteiger partial charge is 0.234 e. The van der Waals surface area contributed by atoms with E-state index in [4.69, 9.17) is 0 Å². The zero-order chi connectivity index (χ0) is 17.0. The first-order chi connectivity index (χ1) is 11.6. The van der Waals surface area contributed by atoms with Crippen molar-refractivity contribution in [2.45, 2.75) is 31.8 Å². The summed E-state index contributed by atoms with van der Waals surface area (Å²) in [7, 11) is 0. The zero-order valence-electron chi connectivity index (χ0n) is 14.0. The standard InChI is InChI=1S/C20H24N2O2/c1-15-6-2-3-8-17(15)12-21-19(24)13-22-20(14-23)11-10-16-7-4-5-9-18(16)20/h2-9,22-23H,10-14H2,1H3,(H,21,24). The van der Waals surface area contributed by atoms with Crippen LogP contribution in [0.1, 0.15) is 28.7 Å². The van der Waals surface area contributed by atoms with Gasteiger partial charge in [0.25, 0.3) is 0 Å². The molecule has 0 spiro atoms. The SMILES string of the molecule is Cc1ccccc1CNC(=O)CNC1(CO)CCc2ccccc21. The molecule has 4 nitrogen and oxygen atoms in total. The van der Waals surface area contributed by atoms with Gasteiger partial charge in [0.05, 0.1) is 18.7 Å². The Morgan fingerprint density at radius 2 is 1.92 bits per heavy atom. The fourth-order valence-electron chi connectivity index (χ4n) is 3.41. The van der Waals surface area contributed by atoms with Gasteiger partial charge in [0, 0.05) is 6.54 Å². The minimum Gasteiger partial charge on any atom is -0.394 e. The average Bonchev–Trinajstić information content (AvgIpc) is 2.99. The van der Waals surface area contributed by atoms with Gasteiger partial charge in [-0.3, -0.25) is 10.1 Å². The highest BCUT2D eigenvalue weighted by molar-refractivity contribution is 5.78. The number of aryl methyl sites for hydroxylation is 2. The van der Waals surface area contributed by atoms with Crippen LogP contribution in [0.5, 0.6) is 0 Å². The molecular formula is C20H24N2O2. The lowest BCUT2D eigenvalue weighted by molar-refractivity contribution is -0.120. The third-order valence-electron chi connectivity index (χ3n) is 4.95. The summed E-state index contributed by atoms with van der Waals surface area (Å²) in [6.07, 6.45) is 1.74. The van der Waals surface area contributed by atoms with Crippen LogP contribution in [-0.2, 0) is 23.3 Å². The van der Waals surface area contributed by atoms with Crippen LogP contribution in [-0.4, -0.2) is 24.2 Å². The number of hydrogen-bond acceptors (Lipinski definition) is 3. The number of carbonyl (C=O) groups excluding carboxylic acids is 1. The molecule has 0 radical (unpaired) electrons. The van der Waals surface area contributed by atoms with E-state index >= 15 is 0 Å². The van der Waals surface area contributed by atoms with Gasteiger partial charge in [-0.2, -0.15) is 0 Å². The van der Waals surface area contributed by atoms with Gasteiger partial charge < -0.3 is 10.4 Å². The Kier molecular flexibility index (Phi) is 4.97. The lowest BCUT2D eigenvalue weighted by atomic mass is 9.92. The highest BCUT2D eigenvalue weighted by Crippen LogP contribution is 2.36. The molecule has 1 aliphatic carbocycles. The van der Waals surface area contributed by atoms with E-state index in [0.717, 1.165) is 24.0 Å². The number of aliphatic hydroxyl groups excluding tert-OH is 1. The Hall–Kier alpha value is -2.17. The summed E-state index contributed by atoms with van der Waals surface area (Å²) >= 11 is 0. The number of hydrogen-bond donors (Lipinski definition) is 3. The summed E-state index contributed by atoms with van der Waals surface area (Å²) in [6, 6.07) is 16.1. The minimum absolute atomic E-state index is 0.00487. The summed E-state index contributed by atoms with van der Waals surface area (Å²) in [5, 5.41) is 16.2. The zero-order valence-corrected chi connectivity index (χ0v) is 14.0. The summed E-state index contributed by atoms with van der Waals surface area (Å²) in [4.78, 5) is 12.2. The van der Waals surface area contributed by atoms with Gasteiger partial charge in [-0.05, 0) is 42.0 Å². The second kappa shape index (κ2) is 7.16. The highest BCUT2D eigenvalue weighted by Gasteiger charge is 2.37. The Balaban J connectivity index is 1.59. The number of fused-ring (bicyclic) bond motifs is 1. The van der Waals surface area contributed by atoms with Crippen molar-refractivity contribution < 1.29 is 9.90 Å². The number of nitrogens with one attached hydrogen (secondary N) is 2. The van der Waals surface area contributed by atoms with Crippen LogP contribution in [0.2, 0.25) is 0 Å². The molecule has 4 heteroatoms. The maximum absolute atomic E-state index is 12.2. The Morgan fingerprint density at radius 3 is 2.71 bits per heavy atom. The van der Waals surface area contributed by atoms with Gasteiger partial charge in [-0.25, -0.2) is 0 Å². The van der Waals surface area contributed by atoms with E-state index in [1.165, 1.54) is 11.1 Å². The van der Waals surface area contributed by atoms with E-state index in [9.17, 15) is 9.90 Å². The van der Waals surface area contributed by atoms with Gasteiger partial charge in [-0.1, -0.05) is 48.5 Å². The summed E-state index contributed by atoms with van der Waals surface area (Å²) < 4.78 is 0. The maximum atomic E-state index is 12.2. The lowest BCUT2D eigenvalue weighted by Crippen LogP contribution is -2.48. The Labute approximate surface area is 142 Å². The third kappa shape index (κ3) is 3.35. The first-order valence-corrected chi connectivity index (χ1v) is 8.40. The molecule has 0 heterocycles. The predicted molar refractivity (Wildman–Crippen MR) is 94.6 cm³/mol. The van der Waals surface area contributed by atoms with Crippen molar-refractivity contribution in [3.63, 3.8) is 0 Å². The number of carbonyl (C=O) groups is 1. The van der Waals surface area contributed by atoms with Gasteiger partial charge in [-0.15, -0.1) is 0 Å². The molecule has 3 N–H and O–H groups in total. The lowest BCUT2D eigenvalue weighted by Gasteiger charge is -2.29. The molecule has 3 rings (SSSR count). The van der Waals surface area contributed by atoms with E-state index in [1.54, 1.807) is 0 Å². The topological polar surface area (TPSA) is 61.4 Å². The van der Waals surface area contributed by atoms with Crippen molar-refractivity contribution in [1.82, 2.24) is 10.6 Å². The molecule has 0 saturated carbocycles. The molecule has 1 atom stereocenters. The van der Waals surface area contributed by atoms with Crippen molar-refractivity contribution in [2.24, 2.45) is 0 Å².